The Morgan fingerprint density at radius 3 is 2.43 bits per heavy atom. The van der Waals surface area contributed by atoms with Gasteiger partial charge in [0.05, 0.1) is 12.1 Å². The number of nitrogens with zero attached hydrogens (tertiary/aromatic N) is 3. The largest absolute Gasteiger partial charge is 0.387 e. The average molecular weight is 203 g/mol. The molecule has 0 aromatic carbocycles. The van der Waals surface area contributed by atoms with Gasteiger partial charge in [-0.3, -0.25) is 0 Å². The molecule has 1 aliphatic rings. The zero-order chi connectivity index (χ0) is 10.7. The molecule has 0 bridgehead atoms. The zero-order valence-corrected chi connectivity index (χ0v) is 7.69. The van der Waals surface area contributed by atoms with Gasteiger partial charge in [-0.05, 0) is 12.0 Å². The third kappa shape index (κ3) is 1.97. The molecule has 1 aliphatic heterocycles. The Morgan fingerprint density at radius 1 is 1.43 bits per heavy atom. The van der Waals surface area contributed by atoms with E-state index in [0.717, 1.165) is 0 Å². The van der Waals surface area contributed by atoms with E-state index in [1.165, 1.54) is 0 Å². The second-order valence-electron chi connectivity index (χ2n) is 3.15. The maximum atomic E-state index is 9.44. The molecule has 0 aromatic rings. The first-order valence-electron chi connectivity index (χ1n) is 4.35. The van der Waals surface area contributed by atoms with Crippen LogP contribution in [0.15, 0.2) is 5.11 Å². The SMILES string of the molecule is CC[C@@H](N=[N+]=[N-])[C@@H]1O[C@@H](O)[C@H](O)[C@H]1O. The van der Waals surface area contributed by atoms with Crippen LogP contribution in [-0.4, -0.2) is 46.0 Å². The van der Waals surface area contributed by atoms with E-state index < -0.39 is 30.6 Å². The molecule has 1 saturated heterocycles. The first-order valence-corrected chi connectivity index (χ1v) is 4.35. The Hall–Kier alpha value is -0.850. The van der Waals surface area contributed by atoms with Crippen molar-refractivity contribution in [2.45, 2.75) is 44.0 Å². The normalized spacial score (nSPS) is 39.1. The molecule has 0 amide bonds. The first kappa shape index (κ1) is 11.2. The lowest BCUT2D eigenvalue weighted by molar-refractivity contribution is -0.130. The minimum Gasteiger partial charge on any atom is -0.387 e. The first-order chi connectivity index (χ1) is 6.61. The molecule has 5 atom stereocenters. The van der Waals surface area contributed by atoms with Crippen molar-refractivity contribution in [2.75, 3.05) is 0 Å². The van der Waals surface area contributed by atoms with Crippen LogP contribution in [0.2, 0.25) is 0 Å². The van der Waals surface area contributed by atoms with Crippen LogP contribution >= 0.6 is 0 Å². The monoisotopic (exact) mass is 203 g/mol. The highest BCUT2D eigenvalue weighted by Gasteiger charge is 2.44. The number of aliphatic hydroxyl groups excluding tert-OH is 3. The molecule has 7 nitrogen and oxygen atoms in total. The standard InChI is InChI=1S/C7H13N3O4/c1-2-3(9-10-8)6-4(11)5(12)7(13)14-6/h3-7,11-13H,2H2,1H3/t3-,4-,5-,6+,7-/m1/s1. The van der Waals surface area contributed by atoms with Gasteiger partial charge in [0, 0.05) is 4.91 Å². The summed E-state index contributed by atoms with van der Waals surface area (Å²) in [5.41, 5.74) is 8.24. The maximum absolute atomic E-state index is 9.44. The topological polar surface area (TPSA) is 119 Å². The smallest absolute Gasteiger partial charge is 0.183 e. The lowest BCUT2D eigenvalue weighted by Crippen LogP contribution is -2.37. The summed E-state index contributed by atoms with van der Waals surface area (Å²) in [4.78, 5) is 2.61. The second-order valence-corrected chi connectivity index (χ2v) is 3.15. The van der Waals surface area contributed by atoms with Crippen LogP contribution in [0.3, 0.4) is 0 Å². The molecule has 7 heteroatoms. The van der Waals surface area contributed by atoms with E-state index in [-0.39, 0.29) is 0 Å². The summed E-state index contributed by atoms with van der Waals surface area (Å²) in [5, 5.41) is 31.1. The fourth-order valence-corrected chi connectivity index (χ4v) is 1.45. The quantitative estimate of drug-likeness (QED) is 0.326. The van der Waals surface area contributed by atoms with E-state index in [1.54, 1.807) is 6.92 Å². The van der Waals surface area contributed by atoms with Gasteiger partial charge in [-0.1, -0.05) is 12.0 Å². The van der Waals surface area contributed by atoms with Crippen molar-refractivity contribution in [2.24, 2.45) is 5.11 Å². The van der Waals surface area contributed by atoms with Gasteiger partial charge in [-0.15, -0.1) is 0 Å². The number of ether oxygens (including phenoxy) is 1. The lowest BCUT2D eigenvalue weighted by Gasteiger charge is -2.19. The van der Waals surface area contributed by atoms with Gasteiger partial charge >= 0.3 is 0 Å². The van der Waals surface area contributed by atoms with E-state index in [2.05, 4.69) is 10.0 Å². The zero-order valence-electron chi connectivity index (χ0n) is 7.69. The van der Waals surface area contributed by atoms with Crippen molar-refractivity contribution in [1.29, 1.82) is 0 Å². The summed E-state index contributed by atoms with van der Waals surface area (Å²) in [6, 6.07) is -0.582. The average Bonchev–Trinajstić information content (AvgIpc) is 2.42. The number of rotatable bonds is 3. The molecule has 0 aromatic heterocycles. The van der Waals surface area contributed by atoms with Crippen molar-refractivity contribution in [1.82, 2.24) is 0 Å². The lowest BCUT2D eigenvalue weighted by atomic mass is 10.0. The van der Waals surface area contributed by atoms with E-state index in [1.807, 2.05) is 0 Å². The molecule has 80 valence electrons. The summed E-state index contributed by atoms with van der Waals surface area (Å²) in [7, 11) is 0. The Balaban J connectivity index is 2.73. The molecule has 14 heavy (non-hydrogen) atoms. The molecule has 0 radical (unpaired) electrons. The van der Waals surface area contributed by atoms with E-state index in [0.29, 0.717) is 6.42 Å². The summed E-state index contributed by atoms with van der Waals surface area (Å²) in [5.74, 6) is 0. The fraction of sp³-hybridized carbons (Fsp3) is 1.00. The Morgan fingerprint density at radius 2 is 2.07 bits per heavy atom. The van der Waals surface area contributed by atoms with Gasteiger partial charge in [0.2, 0.25) is 0 Å². The highest BCUT2D eigenvalue weighted by Crippen LogP contribution is 2.25. The van der Waals surface area contributed by atoms with E-state index >= 15 is 0 Å². The van der Waals surface area contributed by atoms with Gasteiger partial charge < -0.3 is 20.1 Å². The molecular formula is C7H13N3O4. The number of hydrogen-bond acceptors (Lipinski definition) is 5. The van der Waals surface area contributed by atoms with Gasteiger partial charge in [-0.2, -0.15) is 0 Å². The maximum Gasteiger partial charge on any atom is 0.183 e. The Bertz CT molecular complexity index is 243. The van der Waals surface area contributed by atoms with Crippen molar-refractivity contribution >= 4 is 0 Å². The summed E-state index contributed by atoms with van der Waals surface area (Å²) in [6.07, 6.45) is -4.37. The molecule has 1 rings (SSSR count). The number of hydrogen-bond donors (Lipinski definition) is 3. The molecule has 0 spiro atoms. The third-order valence-corrected chi connectivity index (χ3v) is 2.27. The molecule has 1 heterocycles. The second kappa shape index (κ2) is 4.59. The summed E-state index contributed by atoms with van der Waals surface area (Å²) >= 11 is 0. The molecular weight excluding hydrogens is 190 g/mol. The van der Waals surface area contributed by atoms with Crippen molar-refractivity contribution in [3.8, 4) is 0 Å². The minimum absolute atomic E-state index is 0.464. The highest BCUT2D eigenvalue weighted by molar-refractivity contribution is 4.92. The third-order valence-electron chi connectivity index (χ3n) is 2.27. The number of aliphatic hydroxyl groups is 3. The molecule has 1 fully saturated rings. The van der Waals surface area contributed by atoms with Crippen LogP contribution in [0, 0.1) is 0 Å². The van der Waals surface area contributed by atoms with Crippen LogP contribution in [0.1, 0.15) is 13.3 Å². The predicted molar refractivity (Wildman–Crippen MR) is 46.1 cm³/mol. The van der Waals surface area contributed by atoms with Crippen molar-refractivity contribution in [3.63, 3.8) is 0 Å². The Kier molecular flexibility index (Phi) is 3.68. The molecule has 0 unspecified atom stereocenters. The van der Waals surface area contributed by atoms with Gasteiger partial charge in [0.1, 0.15) is 12.2 Å². The fourth-order valence-electron chi connectivity index (χ4n) is 1.45. The highest BCUT2D eigenvalue weighted by atomic mass is 16.6. The predicted octanol–water partition coefficient (Wildman–Crippen LogP) is -0.486. The van der Waals surface area contributed by atoms with Crippen LogP contribution in [0.25, 0.3) is 10.4 Å². The van der Waals surface area contributed by atoms with Crippen LogP contribution in [0.5, 0.6) is 0 Å². The summed E-state index contributed by atoms with van der Waals surface area (Å²) in [6.45, 7) is 1.76. The van der Waals surface area contributed by atoms with Gasteiger partial charge in [-0.25, -0.2) is 0 Å². The van der Waals surface area contributed by atoms with Crippen molar-refractivity contribution < 1.29 is 20.1 Å². The van der Waals surface area contributed by atoms with Crippen LogP contribution in [-0.2, 0) is 4.74 Å². The summed E-state index contributed by atoms with van der Waals surface area (Å²) < 4.78 is 4.88. The van der Waals surface area contributed by atoms with Crippen LogP contribution < -0.4 is 0 Å². The molecule has 0 saturated carbocycles. The van der Waals surface area contributed by atoms with Gasteiger partial charge in [0.25, 0.3) is 0 Å². The van der Waals surface area contributed by atoms with Crippen LogP contribution in [0.4, 0.5) is 0 Å². The molecule has 0 aliphatic carbocycles. The number of azide groups is 1. The molecule has 3 N–H and O–H groups in total. The van der Waals surface area contributed by atoms with Gasteiger partial charge in [0.15, 0.2) is 6.29 Å². The minimum atomic E-state index is -1.42. The van der Waals surface area contributed by atoms with Crippen molar-refractivity contribution in [3.05, 3.63) is 10.4 Å². The Labute approximate surface area is 80.6 Å². The van der Waals surface area contributed by atoms with E-state index in [4.69, 9.17) is 15.4 Å². The van der Waals surface area contributed by atoms with E-state index in [9.17, 15) is 10.2 Å².